The highest BCUT2D eigenvalue weighted by Crippen LogP contribution is 2.31. The Balaban J connectivity index is 1.68. The molecule has 1 aromatic rings. The third kappa shape index (κ3) is 4.10. The van der Waals surface area contributed by atoms with Crippen LogP contribution in [0, 0.1) is 0 Å². The Morgan fingerprint density at radius 1 is 1.35 bits per heavy atom. The Morgan fingerprint density at radius 2 is 2.08 bits per heavy atom. The zero-order valence-corrected chi connectivity index (χ0v) is 15.3. The van der Waals surface area contributed by atoms with Crippen LogP contribution < -0.4 is 10.1 Å². The van der Waals surface area contributed by atoms with E-state index < -0.39 is 12.3 Å². The molecule has 6 nitrogen and oxygen atoms in total. The average molecular weight is 365 g/mol. The molecule has 2 fully saturated rings. The number of hydrogen-bond donors (Lipinski definition) is 2. The maximum absolute atomic E-state index is 14.2. The molecule has 7 heteroatoms. The van der Waals surface area contributed by atoms with Crippen LogP contribution in [0.4, 0.5) is 9.18 Å². The molecule has 2 saturated heterocycles. The number of aliphatic hydroxyl groups excluding tert-OH is 1. The van der Waals surface area contributed by atoms with Crippen LogP contribution in [0.5, 0.6) is 5.75 Å². The molecule has 0 radical (unpaired) electrons. The second-order valence-electron chi connectivity index (χ2n) is 7.17. The van der Waals surface area contributed by atoms with Gasteiger partial charge in [0, 0.05) is 25.1 Å². The molecule has 0 aliphatic carbocycles. The second kappa shape index (κ2) is 8.22. The fourth-order valence-electron chi connectivity index (χ4n) is 3.86. The Bertz CT molecular complexity index is 624. The molecule has 0 saturated carbocycles. The number of rotatable bonds is 6. The van der Waals surface area contributed by atoms with E-state index in [1.807, 2.05) is 24.3 Å². The van der Waals surface area contributed by atoms with Gasteiger partial charge in [-0.3, -0.25) is 4.90 Å². The summed E-state index contributed by atoms with van der Waals surface area (Å²) in [6, 6.07) is 7.61. The highest BCUT2D eigenvalue weighted by Gasteiger charge is 2.40. The lowest BCUT2D eigenvalue weighted by atomic mass is 10.0. The topological polar surface area (TPSA) is 65.0 Å². The van der Waals surface area contributed by atoms with Crippen molar-refractivity contribution < 1.29 is 19.0 Å². The first kappa shape index (κ1) is 18.9. The number of nitrogens with one attached hydrogen (secondary N) is 1. The molecular formula is C19H28FN3O3. The summed E-state index contributed by atoms with van der Waals surface area (Å²) in [7, 11) is 1.65. The molecule has 2 heterocycles. The molecule has 3 rings (SSSR count). The number of nitrogens with zero attached hydrogens (tertiary/aromatic N) is 2. The average Bonchev–Trinajstić information content (AvgIpc) is 3.33. The maximum atomic E-state index is 14.2. The fraction of sp³-hybridized carbons (Fsp3) is 0.632. The van der Waals surface area contributed by atoms with E-state index in [-0.39, 0.29) is 25.0 Å². The molecule has 2 atom stereocenters. The molecule has 2 aliphatic rings. The Morgan fingerprint density at radius 3 is 2.73 bits per heavy atom. The number of para-hydroxylation sites is 1. The van der Waals surface area contributed by atoms with Gasteiger partial charge in [-0.05, 0) is 32.0 Å². The van der Waals surface area contributed by atoms with Crippen LogP contribution in [-0.2, 0) is 0 Å². The van der Waals surface area contributed by atoms with Crippen LogP contribution >= 0.6 is 0 Å². The van der Waals surface area contributed by atoms with E-state index in [2.05, 4.69) is 10.2 Å². The first-order valence-corrected chi connectivity index (χ1v) is 9.26. The Kier molecular flexibility index (Phi) is 5.98. The minimum atomic E-state index is -1.67. The molecule has 2 unspecified atom stereocenters. The molecule has 1 aromatic carbocycles. The van der Waals surface area contributed by atoms with Gasteiger partial charge in [-0.1, -0.05) is 18.2 Å². The minimum Gasteiger partial charge on any atom is -0.496 e. The number of amides is 2. The van der Waals surface area contributed by atoms with Crippen molar-refractivity contribution in [2.75, 3.05) is 46.4 Å². The molecule has 0 spiro atoms. The zero-order chi connectivity index (χ0) is 18.6. The second-order valence-corrected chi connectivity index (χ2v) is 7.17. The normalized spacial score (nSPS) is 24.7. The molecule has 0 bridgehead atoms. The van der Waals surface area contributed by atoms with E-state index in [1.54, 1.807) is 7.11 Å². The lowest BCUT2D eigenvalue weighted by molar-refractivity contribution is 0.0804. The Labute approximate surface area is 153 Å². The summed E-state index contributed by atoms with van der Waals surface area (Å²) in [6.45, 7) is 2.13. The lowest BCUT2D eigenvalue weighted by Gasteiger charge is -2.30. The number of likely N-dealkylation sites (tertiary alicyclic amines) is 2. The minimum absolute atomic E-state index is 0.0215. The number of benzene rings is 1. The van der Waals surface area contributed by atoms with Gasteiger partial charge in [0.05, 0.1) is 26.3 Å². The van der Waals surface area contributed by atoms with Crippen molar-refractivity contribution in [2.45, 2.75) is 31.0 Å². The first-order chi connectivity index (χ1) is 12.6. The van der Waals surface area contributed by atoms with Gasteiger partial charge in [0.2, 0.25) is 0 Å². The summed E-state index contributed by atoms with van der Waals surface area (Å²) in [5, 5.41) is 12.1. The number of methoxy groups -OCH3 is 1. The number of alkyl halides is 1. The van der Waals surface area contributed by atoms with Crippen LogP contribution in [-0.4, -0.2) is 73.0 Å². The van der Waals surface area contributed by atoms with E-state index in [1.165, 1.54) is 4.90 Å². The van der Waals surface area contributed by atoms with Crippen LogP contribution in [0.25, 0.3) is 0 Å². The van der Waals surface area contributed by atoms with E-state index in [0.717, 1.165) is 37.2 Å². The number of carbonyl (C=O) groups excluding carboxylic acids is 1. The molecule has 2 N–H and O–H groups in total. The summed E-state index contributed by atoms with van der Waals surface area (Å²) in [4.78, 5) is 16.3. The van der Waals surface area contributed by atoms with Crippen LogP contribution in [0.15, 0.2) is 24.3 Å². The lowest BCUT2D eigenvalue weighted by Crippen LogP contribution is -2.44. The highest BCUT2D eigenvalue weighted by atomic mass is 19.1. The quantitative estimate of drug-likeness (QED) is 0.809. The van der Waals surface area contributed by atoms with Gasteiger partial charge < -0.3 is 20.1 Å². The summed E-state index contributed by atoms with van der Waals surface area (Å²) in [5.74, 6) is 0.808. The molecule has 2 aliphatic heterocycles. The van der Waals surface area contributed by atoms with Gasteiger partial charge in [-0.25, -0.2) is 9.18 Å². The maximum Gasteiger partial charge on any atom is 0.317 e. The summed E-state index contributed by atoms with van der Waals surface area (Å²) in [6.07, 6.45) is 2.47. The monoisotopic (exact) mass is 365 g/mol. The number of ether oxygens (including phenoxy) is 1. The fourth-order valence-corrected chi connectivity index (χ4v) is 3.86. The van der Waals surface area contributed by atoms with Gasteiger partial charge in [0.15, 0.2) is 5.67 Å². The van der Waals surface area contributed by atoms with Crippen molar-refractivity contribution in [3.8, 4) is 5.75 Å². The van der Waals surface area contributed by atoms with E-state index in [4.69, 9.17) is 9.84 Å². The predicted octanol–water partition coefficient (Wildman–Crippen LogP) is 1.95. The smallest absolute Gasteiger partial charge is 0.317 e. The van der Waals surface area contributed by atoms with Gasteiger partial charge in [-0.15, -0.1) is 0 Å². The van der Waals surface area contributed by atoms with Gasteiger partial charge in [-0.2, -0.15) is 0 Å². The van der Waals surface area contributed by atoms with Crippen molar-refractivity contribution in [1.82, 2.24) is 15.1 Å². The SMILES string of the molecule is COc1ccccc1C(CNC(=O)N1CCC(F)(CO)C1)N1CCCC1. The predicted molar refractivity (Wildman–Crippen MR) is 97.1 cm³/mol. The van der Waals surface area contributed by atoms with Crippen LogP contribution in [0.3, 0.4) is 0 Å². The summed E-state index contributed by atoms with van der Waals surface area (Å²) in [5.41, 5.74) is -0.622. The van der Waals surface area contributed by atoms with Crippen LogP contribution in [0.1, 0.15) is 30.9 Å². The Hall–Kier alpha value is -1.86. The standard InChI is InChI=1S/C19H28FN3O3/c1-26-17-7-3-2-6-15(17)16(22-9-4-5-10-22)12-21-18(25)23-11-8-19(20,13-23)14-24/h2-3,6-7,16,24H,4-5,8-14H2,1H3,(H,21,25). The number of urea groups is 1. The van der Waals surface area contributed by atoms with E-state index in [0.29, 0.717) is 13.1 Å². The largest absolute Gasteiger partial charge is 0.496 e. The number of carbonyl (C=O) groups is 1. The third-order valence-electron chi connectivity index (χ3n) is 5.40. The van der Waals surface area contributed by atoms with E-state index >= 15 is 0 Å². The zero-order valence-electron chi connectivity index (χ0n) is 15.3. The van der Waals surface area contributed by atoms with Gasteiger partial charge >= 0.3 is 6.03 Å². The highest BCUT2D eigenvalue weighted by molar-refractivity contribution is 5.74. The molecular weight excluding hydrogens is 337 g/mol. The number of hydrogen-bond acceptors (Lipinski definition) is 4. The molecule has 0 aromatic heterocycles. The van der Waals surface area contributed by atoms with Crippen molar-refractivity contribution in [3.05, 3.63) is 29.8 Å². The molecule has 144 valence electrons. The van der Waals surface area contributed by atoms with Gasteiger partial charge in [0.25, 0.3) is 0 Å². The summed E-state index contributed by atoms with van der Waals surface area (Å²) >= 11 is 0. The van der Waals surface area contributed by atoms with Crippen molar-refractivity contribution in [3.63, 3.8) is 0 Å². The molecule has 2 amide bonds. The van der Waals surface area contributed by atoms with Crippen LogP contribution in [0.2, 0.25) is 0 Å². The number of halogens is 1. The first-order valence-electron chi connectivity index (χ1n) is 9.26. The van der Waals surface area contributed by atoms with Crippen molar-refractivity contribution in [2.24, 2.45) is 0 Å². The number of aliphatic hydroxyl groups is 1. The van der Waals surface area contributed by atoms with E-state index in [9.17, 15) is 9.18 Å². The van der Waals surface area contributed by atoms with Gasteiger partial charge in [0.1, 0.15) is 5.75 Å². The summed E-state index contributed by atoms with van der Waals surface area (Å²) < 4.78 is 19.7. The van der Waals surface area contributed by atoms with Crippen molar-refractivity contribution >= 4 is 6.03 Å². The van der Waals surface area contributed by atoms with Crippen molar-refractivity contribution in [1.29, 1.82) is 0 Å². The molecule has 26 heavy (non-hydrogen) atoms. The third-order valence-corrected chi connectivity index (χ3v) is 5.40.